The van der Waals surface area contributed by atoms with Gasteiger partial charge in [-0.05, 0) is 93.1 Å². The third kappa shape index (κ3) is 5.74. The van der Waals surface area contributed by atoms with Crippen LogP contribution in [0.1, 0.15) is 32.4 Å². The molecule has 0 saturated heterocycles. The summed E-state index contributed by atoms with van der Waals surface area (Å²) in [7, 11) is 0. The van der Waals surface area contributed by atoms with Crippen molar-refractivity contribution in [3.8, 4) is 0 Å². The van der Waals surface area contributed by atoms with Gasteiger partial charge in [-0.25, -0.2) is 4.39 Å². The van der Waals surface area contributed by atoms with Crippen LogP contribution in [-0.4, -0.2) is 24.1 Å². The molecule has 4 rings (SSSR count). The molecule has 3 aromatic carbocycles. The van der Waals surface area contributed by atoms with E-state index < -0.39 is 11.9 Å². The van der Waals surface area contributed by atoms with Crippen LogP contribution < -0.4 is 20.4 Å². The predicted octanol–water partition coefficient (Wildman–Crippen LogP) is 7.33. The van der Waals surface area contributed by atoms with E-state index in [1.165, 1.54) is 12.1 Å². The van der Waals surface area contributed by atoms with E-state index in [0.717, 1.165) is 24.3 Å². The summed E-state index contributed by atoms with van der Waals surface area (Å²) in [6, 6.07) is 18.8. The highest BCUT2D eigenvalue weighted by molar-refractivity contribution is 7.80. The fourth-order valence-corrected chi connectivity index (χ4v) is 5.08. The topological polar surface area (TPSA) is 47.6 Å². The van der Waals surface area contributed by atoms with Crippen molar-refractivity contribution in [1.29, 1.82) is 0 Å². The molecule has 2 N–H and O–H groups in total. The van der Waals surface area contributed by atoms with E-state index in [0.29, 0.717) is 32.8 Å². The lowest BCUT2D eigenvalue weighted by Crippen LogP contribution is -2.48. The van der Waals surface area contributed by atoms with Crippen LogP contribution in [0.5, 0.6) is 0 Å². The molecular formula is C28H27Cl2FN4OS. The van der Waals surface area contributed by atoms with E-state index >= 15 is 0 Å². The molecule has 0 aliphatic carbocycles. The SMILES string of the molecule is CCN(CC)c1ccc([C@@H]2NC(=S)N(c3ccc(F)c(Cl)c3)C(C)=C2C(=O)Nc2ccc(Cl)cc2)cc1. The molecule has 1 amide bonds. The number of nitrogens with zero attached hydrogens (tertiary/aromatic N) is 2. The average molecular weight is 558 g/mol. The van der Waals surface area contributed by atoms with E-state index in [9.17, 15) is 9.18 Å². The Labute approximate surface area is 231 Å². The first-order chi connectivity index (χ1) is 17.7. The molecule has 0 saturated carbocycles. The van der Waals surface area contributed by atoms with Gasteiger partial charge in [-0.15, -0.1) is 0 Å². The molecule has 5 nitrogen and oxygen atoms in total. The first-order valence-electron chi connectivity index (χ1n) is 11.9. The first-order valence-corrected chi connectivity index (χ1v) is 13.1. The quantitative estimate of drug-likeness (QED) is 0.298. The average Bonchev–Trinajstić information content (AvgIpc) is 2.88. The standard InChI is InChI=1S/C28H27Cl2FN4OS/c1-4-34(5-2)21-12-6-18(7-13-21)26-25(27(36)32-20-10-8-19(29)9-11-20)17(3)35(28(37)33-26)22-14-15-24(31)23(30)16-22/h6-16,26H,4-5H2,1-3H3,(H,32,36)(H,33,37)/t26-/m0/s1. The number of amides is 1. The summed E-state index contributed by atoms with van der Waals surface area (Å²) in [4.78, 5) is 17.7. The lowest BCUT2D eigenvalue weighted by atomic mass is 9.93. The molecule has 9 heteroatoms. The minimum atomic E-state index is -0.533. The van der Waals surface area contributed by atoms with Crippen molar-refractivity contribution in [3.05, 3.63) is 99.4 Å². The smallest absolute Gasteiger partial charge is 0.255 e. The molecule has 1 aliphatic rings. The molecular weight excluding hydrogens is 530 g/mol. The Morgan fingerprint density at radius 1 is 1.05 bits per heavy atom. The van der Waals surface area contributed by atoms with E-state index in [2.05, 4.69) is 29.4 Å². The molecule has 0 unspecified atom stereocenters. The summed E-state index contributed by atoms with van der Waals surface area (Å²) in [5.41, 5.74) is 4.22. The number of hydrogen-bond acceptors (Lipinski definition) is 3. The first kappa shape index (κ1) is 26.9. The van der Waals surface area contributed by atoms with Gasteiger partial charge in [0.2, 0.25) is 0 Å². The maximum absolute atomic E-state index is 13.9. The maximum Gasteiger partial charge on any atom is 0.255 e. The van der Waals surface area contributed by atoms with Crippen molar-refractivity contribution in [2.45, 2.75) is 26.8 Å². The summed E-state index contributed by atoms with van der Waals surface area (Å²) in [5.74, 6) is -0.833. The number of nitrogens with one attached hydrogen (secondary N) is 2. The molecule has 3 aromatic rings. The number of carbonyl (C=O) groups excluding carboxylic acids is 1. The summed E-state index contributed by atoms with van der Waals surface area (Å²) >= 11 is 17.8. The van der Waals surface area contributed by atoms with E-state index in [1.54, 1.807) is 35.2 Å². The number of thiocarbonyl (C=S) groups is 1. The number of hydrogen-bond donors (Lipinski definition) is 2. The second-order valence-electron chi connectivity index (χ2n) is 8.54. The van der Waals surface area contributed by atoms with E-state index in [-0.39, 0.29) is 10.9 Å². The number of benzene rings is 3. The molecule has 1 heterocycles. The molecule has 0 fully saturated rings. The second kappa shape index (κ2) is 11.5. The summed E-state index contributed by atoms with van der Waals surface area (Å²) in [6.45, 7) is 7.83. The van der Waals surface area contributed by atoms with Gasteiger partial charge in [0.25, 0.3) is 5.91 Å². The molecule has 0 aromatic heterocycles. The van der Waals surface area contributed by atoms with Crippen molar-refractivity contribution in [1.82, 2.24) is 5.32 Å². The third-order valence-electron chi connectivity index (χ3n) is 6.35. The normalized spacial score (nSPS) is 15.5. The van der Waals surface area contributed by atoms with Crippen molar-refractivity contribution in [2.75, 3.05) is 28.2 Å². The minimum absolute atomic E-state index is 0.0330. The fourth-order valence-electron chi connectivity index (χ4n) is 4.42. The van der Waals surface area contributed by atoms with Gasteiger partial charge in [-0.1, -0.05) is 35.3 Å². The Morgan fingerprint density at radius 3 is 2.30 bits per heavy atom. The molecule has 0 spiro atoms. The van der Waals surface area contributed by atoms with Crippen LogP contribution in [0.25, 0.3) is 0 Å². The highest BCUT2D eigenvalue weighted by atomic mass is 35.5. The van der Waals surface area contributed by atoms with Gasteiger partial charge in [-0.2, -0.15) is 0 Å². The zero-order chi connectivity index (χ0) is 26.7. The number of rotatable bonds is 7. The van der Waals surface area contributed by atoms with Gasteiger partial charge in [0.1, 0.15) is 5.82 Å². The van der Waals surface area contributed by atoms with Crippen LogP contribution in [0.15, 0.2) is 78.0 Å². The number of allylic oxidation sites excluding steroid dienone is 1. The maximum atomic E-state index is 13.9. The van der Waals surface area contributed by atoms with Gasteiger partial charge in [0, 0.05) is 40.9 Å². The molecule has 192 valence electrons. The Hall–Kier alpha value is -3.13. The van der Waals surface area contributed by atoms with Crippen molar-refractivity contribution in [3.63, 3.8) is 0 Å². The number of halogens is 3. The van der Waals surface area contributed by atoms with Crippen LogP contribution in [0.2, 0.25) is 10.0 Å². The molecule has 1 atom stereocenters. The van der Waals surface area contributed by atoms with E-state index in [4.69, 9.17) is 35.4 Å². The van der Waals surface area contributed by atoms with Gasteiger partial charge in [0.15, 0.2) is 5.11 Å². The van der Waals surface area contributed by atoms with Crippen molar-refractivity contribution >= 4 is 63.5 Å². The summed E-state index contributed by atoms with van der Waals surface area (Å²) < 4.78 is 13.9. The third-order valence-corrected chi connectivity index (χ3v) is 7.19. The zero-order valence-electron chi connectivity index (χ0n) is 20.7. The Kier molecular flexibility index (Phi) is 8.37. The number of anilines is 3. The lowest BCUT2D eigenvalue weighted by molar-refractivity contribution is -0.113. The van der Waals surface area contributed by atoms with Crippen LogP contribution in [-0.2, 0) is 4.79 Å². The Balaban J connectivity index is 1.78. The monoisotopic (exact) mass is 556 g/mol. The number of carbonyl (C=O) groups is 1. The molecule has 37 heavy (non-hydrogen) atoms. The Morgan fingerprint density at radius 2 is 1.70 bits per heavy atom. The molecule has 1 aliphatic heterocycles. The van der Waals surface area contributed by atoms with Crippen molar-refractivity contribution in [2.24, 2.45) is 0 Å². The minimum Gasteiger partial charge on any atom is -0.372 e. The summed E-state index contributed by atoms with van der Waals surface area (Å²) in [6.07, 6.45) is 0. The molecule has 0 radical (unpaired) electrons. The van der Waals surface area contributed by atoms with Gasteiger partial charge in [-0.3, -0.25) is 9.69 Å². The highest BCUT2D eigenvalue weighted by Gasteiger charge is 2.35. The van der Waals surface area contributed by atoms with Crippen LogP contribution in [0, 0.1) is 5.82 Å². The predicted molar refractivity (Wildman–Crippen MR) is 155 cm³/mol. The lowest BCUT2D eigenvalue weighted by Gasteiger charge is -2.38. The van der Waals surface area contributed by atoms with Crippen LogP contribution in [0.3, 0.4) is 0 Å². The fraction of sp³-hybridized carbons (Fsp3) is 0.214. The van der Waals surface area contributed by atoms with Crippen LogP contribution >= 0.6 is 35.4 Å². The van der Waals surface area contributed by atoms with Gasteiger partial charge in [0.05, 0.1) is 16.6 Å². The van der Waals surface area contributed by atoms with Gasteiger partial charge >= 0.3 is 0 Å². The van der Waals surface area contributed by atoms with E-state index in [1.807, 2.05) is 31.2 Å². The zero-order valence-corrected chi connectivity index (χ0v) is 23.0. The van der Waals surface area contributed by atoms with Crippen LogP contribution in [0.4, 0.5) is 21.5 Å². The summed E-state index contributed by atoms with van der Waals surface area (Å²) in [5, 5.41) is 7.20. The van der Waals surface area contributed by atoms with Crippen molar-refractivity contribution < 1.29 is 9.18 Å². The van der Waals surface area contributed by atoms with Gasteiger partial charge < -0.3 is 15.5 Å². The second-order valence-corrected chi connectivity index (χ2v) is 9.77. The highest BCUT2D eigenvalue weighted by Crippen LogP contribution is 2.36. The molecule has 0 bridgehead atoms. The largest absolute Gasteiger partial charge is 0.372 e. The Bertz CT molecular complexity index is 1340.